The summed E-state index contributed by atoms with van der Waals surface area (Å²) in [5.74, 6) is 0.762. The number of aryl methyl sites for hydroxylation is 3. The molecule has 3 aromatic rings. The number of sulfonamides is 1. The number of amides is 1. The number of aromatic nitrogens is 2. The maximum absolute atomic E-state index is 12.9. The average molecular weight is 485 g/mol. The van der Waals surface area contributed by atoms with Gasteiger partial charge in [0, 0.05) is 39.5 Å². The van der Waals surface area contributed by atoms with Gasteiger partial charge in [-0.2, -0.15) is 4.31 Å². The molecule has 8 nitrogen and oxygen atoms in total. The third-order valence-electron chi connectivity index (χ3n) is 6.19. The molecule has 4 rings (SSSR count). The first kappa shape index (κ1) is 24.4. The number of morpholine rings is 1. The van der Waals surface area contributed by atoms with Crippen LogP contribution in [0.3, 0.4) is 0 Å². The molecule has 1 aliphatic heterocycles. The molecule has 9 heteroatoms. The lowest BCUT2D eigenvalue weighted by molar-refractivity contribution is -0.121. The molecule has 2 heterocycles. The van der Waals surface area contributed by atoms with Crippen LogP contribution in [0.5, 0.6) is 0 Å². The van der Waals surface area contributed by atoms with E-state index in [2.05, 4.69) is 22.4 Å². The van der Waals surface area contributed by atoms with Gasteiger partial charge < -0.3 is 14.6 Å². The summed E-state index contributed by atoms with van der Waals surface area (Å²) in [4.78, 5) is 17.2. The van der Waals surface area contributed by atoms with Gasteiger partial charge in [0.25, 0.3) is 0 Å². The maximum atomic E-state index is 12.9. The number of fused-ring (bicyclic) bond motifs is 1. The largest absolute Gasteiger partial charge is 0.379 e. The number of nitrogens with zero attached hydrogens (tertiary/aromatic N) is 3. The van der Waals surface area contributed by atoms with Crippen LogP contribution >= 0.6 is 0 Å². The third-order valence-corrected chi connectivity index (χ3v) is 8.08. The van der Waals surface area contributed by atoms with Gasteiger partial charge in [0.2, 0.25) is 15.9 Å². The van der Waals surface area contributed by atoms with Crippen molar-refractivity contribution in [2.24, 2.45) is 7.05 Å². The summed E-state index contributed by atoms with van der Waals surface area (Å²) in [6, 6.07) is 15.4. The molecule has 0 saturated carbocycles. The van der Waals surface area contributed by atoms with Gasteiger partial charge in [-0.25, -0.2) is 13.4 Å². The van der Waals surface area contributed by atoms with Crippen molar-refractivity contribution >= 4 is 27.0 Å². The van der Waals surface area contributed by atoms with Gasteiger partial charge in [0.1, 0.15) is 5.82 Å². The molecule has 1 saturated heterocycles. The van der Waals surface area contributed by atoms with Crippen LogP contribution in [-0.4, -0.2) is 61.0 Å². The van der Waals surface area contributed by atoms with Crippen molar-refractivity contribution in [1.82, 2.24) is 19.2 Å². The number of hydrogen-bond donors (Lipinski definition) is 1. The van der Waals surface area contributed by atoms with E-state index in [0.717, 1.165) is 30.6 Å². The fourth-order valence-electron chi connectivity index (χ4n) is 4.19. The van der Waals surface area contributed by atoms with Gasteiger partial charge in [-0.05, 0) is 43.0 Å². The average Bonchev–Trinajstić information content (AvgIpc) is 3.18. The molecule has 0 unspecified atom stereocenters. The van der Waals surface area contributed by atoms with E-state index in [1.807, 2.05) is 29.8 Å². The molecule has 0 aliphatic carbocycles. The van der Waals surface area contributed by atoms with Crippen LogP contribution in [0.15, 0.2) is 53.4 Å². The Labute approximate surface area is 201 Å². The van der Waals surface area contributed by atoms with Crippen LogP contribution in [0, 0.1) is 0 Å². The lowest BCUT2D eigenvalue weighted by atomic mass is 10.1. The Kier molecular flexibility index (Phi) is 7.97. The van der Waals surface area contributed by atoms with Crippen LogP contribution in [0.25, 0.3) is 11.0 Å². The third kappa shape index (κ3) is 5.84. The van der Waals surface area contributed by atoms with Crippen molar-refractivity contribution in [2.75, 3.05) is 32.8 Å². The molecular formula is C25H32N4O4S. The zero-order valence-electron chi connectivity index (χ0n) is 19.6. The van der Waals surface area contributed by atoms with E-state index in [1.165, 1.54) is 9.87 Å². The lowest BCUT2D eigenvalue weighted by Crippen LogP contribution is -2.40. The van der Waals surface area contributed by atoms with Crippen LogP contribution in [-0.2, 0) is 39.4 Å². The molecule has 0 atom stereocenters. The van der Waals surface area contributed by atoms with Crippen molar-refractivity contribution < 1.29 is 17.9 Å². The molecule has 182 valence electrons. The maximum Gasteiger partial charge on any atom is 0.243 e. The first-order valence-electron chi connectivity index (χ1n) is 11.8. The fraction of sp³-hybridized carbons (Fsp3) is 0.440. The van der Waals surface area contributed by atoms with Gasteiger partial charge in [-0.3, -0.25) is 4.79 Å². The highest BCUT2D eigenvalue weighted by Gasteiger charge is 2.27. The Morgan fingerprint density at radius 1 is 1.06 bits per heavy atom. The van der Waals surface area contributed by atoms with Crippen molar-refractivity contribution in [3.63, 3.8) is 0 Å². The second-order valence-electron chi connectivity index (χ2n) is 8.55. The molecule has 2 aromatic carbocycles. The van der Waals surface area contributed by atoms with E-state index < -0.39 is 10.0 Å². The Hall–Kier alpha value is -2.75. The summed E-state index contributed by atoms with van der Waals surface area (Å²) < 4.78 is 34.5. The smallest absolute Gasteiger partial charge is 0.243 e. The molecular weight excluding hydrogens is 452 g/mol. The summed E-state index contributed by atoms with van der Waals surface area (Å²) in [6.07, 6.45) is 3.82. The Morgan fingerprint density at radius 3 is 2.59 bits per heavy atom. The second-order valence-corrected chi connectivity index (χ2v) is 10.5. The quantitative estimate of drug-likeness (QED) is 0.447. The summed E-state index contributed by atoms with van der Waals surface area (Å²) in [5, 5.41) is 2.99. The van der Waals surface area contributed by atoms with Crippen molar-refractivity contribution in [3.05, 3.63) is 59.9 Å². The number of rotatable bonds is 10. The highest BCUT2D eigenvalue weighted by atomic mass is 32.2. The molecule has 1 aromatic heterocycles. The molecule has 1 amide bonds. The van der Waals surface area contributed by atoms with Gasteiger partial charge in [0.15, 0.2) is 0 Å². The molecule has 34 heavy (non-hydrogen) atoms. The van der Waals surface area contributed by atoms with E-state index in [4.69, 9.17) is 4.74 Å². The number of imidazole rings is 1. The van der Waals surface area contributed by atoms with Crippen LogP contribution < -0.4 is 5.32 Å². The van der Waals surface area contributed by atoms with E-state index in [-0.39, 0.29) is 10.8 Å². The molecule has 0 radical (unpaired) electrons. The van der Waals surface area contributed by atoms with Gasteiger partial charge in [0.05, 0.1) is 29.1 Å². The molecule has 1 aliphatic rings. The highest BCUT2D eigenvalue weighted by molar-refractivity contribution is 7.89. The number of ether oxygens (including phenoxy) is 1. The fourth-order valence-corrected chi connectivity index (χ4v) is 5.62. The minimum atomic E-state index is -3.58. The zero-order valence-corrected chi connectivity index (χ0v) is 20.4. The first-order chi connectivity index (χ1) is 16.4. The van der Waals surface area contributed by atoms with E-state index in [9.17, 15) is 13.2 Å². The minimum Gasteiger partial charge on any atom is -0.379 e. The summed E-state index contributed by atoms with van der Waals surface area (Å²) in [6.45, 7) is 2.19. The van der Waals surface area contributed by atoms with E-state index >= 15 is 0 Å². The minimum absolute atomic E-state index is 0.00218. The monoisotopic (exact) mass is 484 g/mol. The Bertz CT molecular complexity index is 1220. The second kappa shape index (κ2) is 11.1. The zero-order chi connectivity index (χ0) is 24.0. The van der Waals surface area contributed by atoms with E-state index in [1.54, 1.807) is 18.2 Å². The summed E-state index contributed by atoms with van der Waals surface area (Å²) in [5.41, 5.74) is 2.78. The topological polar surface area (TPSA) is 93.5 Å². The molecule has 0 spiro atoms. The molecule has 0 bridgehead atoms. The number of carbonyl (C=O) groups is 1. The van der Waals surface area contributed by atoms with Crippen molar-refractivity contribution in [1.29, 1.82) is 0 Å². The Morgan fingerprint density at radius 2 is 1.82 bits per heavy atom. The van der Waals surface area contributed by atoms with Crippen LogP contribution in [0.4, 0.5) is 0 Å². The first-order valence-corrected chi connectivity index (χ1v) is 13.2. The number of unbranched alkanes of at least 4 members (excludes halogenated alkanes) is 1. The van der Waals surface area contributed by atoms with Gasteiger partial charge in [-0.1, -0.05) is 30.3 Å². The number of nitrogens with one attached hydrogen (secondary N) is 1. The van der Waals surface area contributed by atoms with Crippen molar-refractivity contribution in [2.45, 2.75) is 37.0 Å². The summed E-state index contributed by atoms with van der Waals surface area (Å²) >= 11 is 0. The molecule has 1 N–H and O–H groups in total. The lowest BCUT2D eigenvalue weighted by Gasteiger charge is -2.26. The standard InChI is InChI=1S/C25H32N4O4S/c1-28-23-11-10-21(34(31,32)29-15-17-33-18-16-29)19-22(23)27-24(28)12-13-25(30)26-14-6-5-9-20-7-3-2-4-8-20/h2-4,7-8,10-11,19H,5-6,9,12-18H2,1H3,(H,26,30). The highest BCUT2D eigenvalue weighted by Crippen LogP contribution is 2.23. The SMILES string of the molecule is Cn1c(CCC(=O)NCCCCc2ccccc2)nc2cc(S(=O)(=O)N3CCOCC3)ccc21. The van der Waals surface area contributed by atoms with Crippen LogP contribution in [0.2, 0.25) is 0 Å². The predicted molar refractivity (Wildman–Crippen MR) is 131 cm³/mol. The van der Waals surface area contributed by atoms with Gasteiger partial charge >= 0.3 is 0 Å². The predicted octanol–water partition coefficient (Wildman–Crippen LogP) is 2.67. The summed E-state index contributed by atoms with van der Waals surface area (Å²) in [7, 11) is -1.68. The van der Waals surface area contributed by atoms with E-state index in [0.29, 0.717) is 51.2 Å². The number of hydrogen-bond acceptors (Lipinski definition) is 5. The normalized spacial score (nSPS) is 15.0. The van der Waals surface area contributed by atoms with Crippen molar-refractivity contribution in [3.8, 4) is 0 Å². The number of carbonyl (C=O) groups excluding carboxylic acids is 1. The molecule has 1 fully saturated rings. The van der Waals surface area contributed by atoms with Crippen LogP contribution in [0.1, 0.15) is 30.7 Å². The number of benzene rings is 2. The van der Waals surface area contributed by atoms with Gasteiger partial charge in [-0.15, -0.1) is 0 Å². The Balaban J connectivity index is 1.30.